The van der Waals surface area contributed by atoms with Gasteiger partial charge in [0, 0.05) is 37.2 Å². The Morgan fingerprint density at radius 1 is 1.36 bits per heavy atom. The van der Waals surface area contributed by atoms with Gasteiger partial charge in [-0.3, -0.25) is 9.59 Å². The van der Waals surface area contributed by atoms with Crippen LogP contribution in [0.15, 0.2) is 18.2 Å². The van der Waals surface area contributed by atoms with Crippen LogP contribution in [-0.2, 0) is 20.7 Å². The Hall–Kier alpha value is -2.41. The number of ether oxygens (including phenoxy) is 1. The van der Waals surface area contributed by atoms with Gasteiger partial charge in [-0.15, -0.1) is 0 Å². The van der Waals surface area contributed by atoms with E-state index < -0.39 is 17.9 Å². The molecule has 1 aromatic carbocycles. The summed E-state index contributed by atoms with van der Waals surface area (Å²) in [7, 11) is 1.71. The first-order valence-corrected chi connectivity index (χ1v) is 8.48. The Balaban J connectivity index is 1.76. The van der Waals surface area contributed by atoms with E-state index in [1.165, 1.54) is 0 Å². The summed E-state index contributed by atoms with van der Waals surface area (Å²) < 4.78 is 5.34. The Labute approximate surface area is 146 Å². The van der Waals surface area contributed by atoms with Gasteiger partial charge in [-0.2, -0.15) is 0 Å². The second kappa shape index (κ2) is 7.23. The Kier molecular flexibility index (Phi) is 5.03. The van der Waals surface area contributed by atoms with Crippen LogP contribution in [0.1, 0.15) is 35.2 Å². The zero-order valence-corrected chi connectivity index (χ0v) is 14.2. The predicted molar refractivity (Wildman–Crippen MR) is 90.6 cm³/mol. The van der Waals surface area contributed by atoms with Crippen LogP contribution in [0.4, 0.5) is 5.69 Å². The fourth-order valence-electron chi connectivity index (χ4n) is 3.43. The lowest BCUT2D eigenvalue weighted by Crippen LogP contribution is -2.48. The van der Waals surface area contributed by atoms with Crippen LogP contribution in [-0.4, -0.2) is 49.2 Å². The van der Waals surface area contributed by atoms with Crippen molar-refractivity contribution in [2.24, 2.45) is 5.92 Å². The number of anilines is 1. The van der Waals surface area contributed by atoms with Crippen LogP contribution < -0.4 is 10.2 Å². The molecule has 2 atom stereocenters. The molecule has 0 saturated carbocycles. The van der Waals surface area contributed by atoms with E-state index >= 15 is 0 Å². The molecule has 0 radical (unpaired) electrons. The van der Waals surface area contributed by atoms with Crippen molar-refractivity contribution in [3.8, 4) is 0 Å². The molecule has 25 heavy (non-hydrogen) atoms. The Bertz CT molecular complexity index is 697. The highest BCUT2D eigenvalue weighted by atomic mass is 16.5. The van der Waals surface area contributed by atoms with Gasteiger partial charge in [0.15, 0.2) is 0 Å². The number of hydrogen-bond donors (Lipinski definition) is 2. The van der Waals surface area contributed by atoms with Crippen molar-refractivity contribution in [3.63, 3.8) is 0 Å². The van der Waals surface area contributed by atoms with Crippen LogP contribution in [0, 0.1) is 5.92 Å². The lowest BCUT2D eigenvalue weighted by molar-refractivity contribution is -0.142. The third kappa shape index (κ3) is 3.66. The lowest BCUT2D eigenvalue weighted by atomic mass is 9.93. The van der Waals surface area contributed by atoms with E-state index in [-0.39, 0.29) is 11.8 Å². The molecular weight excluding hydrogens is 324 g/mol. The standard InChI is InChI=1S/C18H22N2O5/c1-20-14-6-4-12(9-11(14)5-7-15(20)21)17(22)19-16(18(23)24)13-3-2-8-25-10-13/h4,6,9,13,16H,2-3,5,7-8,10H2,1H3,(H,19,22)(H,23,24)/t13-,16-/m1/s1. The number of hydrogen-bond acceptors (Lipinski definition) is 4. The van der Waals surface area contributed by atoms with E-state index in [0.717, 1.165) is 17.7 Å². The van der Waals surface area contributed by atoms with Crippen molar-refractivity contribution in [3.05, 3.63) is 29.3 Å². The second-order valence-corrected chi connectivity index (χ2v) is 6.56. The molecule has 0 bridgehead atoms. The summed E-state index contributed by atoms with van der Waals surface area (Å²) in [5.41, 5.74) is 2.12. The number of carbonyl (C=O) groups excluding carboxylic acids is 2. The van der Waals surface area contributed by atoms with E-state index in [4.69, 9.17) is 4.74 Å². The summed E-state index contributed by atoms with van der Waals surface area (Å²) in [6.45, 7) is 0.974. The largest absolute Gasteiger partial charge is 0.480 e. The number of carbonyl (C=O) groups is 3. The number of fused-ring (bicyclic) bond motifs is 1. The topological polar surface area (TPSA) is 95.9 Å². The summed E-state index contributed by atoms with van der Waals surface area (Å²) in [4.78, 5) is 37.4. The number of amides is 2. The van der Waals surface area contributed by atoms with Crippen molar-refractivity contribution in [1.82, 2.24) is 5.32 Å². The summed E-state index contributed by atoms with van der Waals surface area (Å²) in [6, 6.07) is 4.14. The monoisotopic (exact) mass is 346 g/mol. The molecule has 7 nitrogen and oxygen atoms in total. The summed E-state index contributed by atoms with van der Waals surface area (Å²) in [6.07, 6.45) is 2.50. The molecule has 2 aliphatic rings. The summed E-state index contributed by atoms with van der Waals surface area (Å²) in [5.74, 6) is -1.64. The molecule has 2 aliphatic heterocycles. The van der Waals surface area contributed by atoms with Gasteiger partial charge >= 0.3 is 5.97 Å². The van der Waals surface area contributed by atoms with Gasteiger partial charge in [0.2, 0.25) is 5.91 Å². The second-order valence-electron chi connectivity index (χ2n) is 6.56. The predicted octanol–water partition coefficient (Wildman–Crippen LogP) is 1.21. The number of nitrogens with zero attached hydrogens (tertiary/aromatic N) is 1. The van der Waals surface area contributed by atoms with Gasteiger partial charge in [0.25, 0.3) is 5.91 Å². The zero-order valence-electron chi connectivity index (χ0n) is 14.2. The van der Waals surface area contributed by atoms with Gasteiger partial charge < -0.3 is 20.1 Å². The first-order valence-electron chi connectivity index (χ1n) is 8.48. The van der Waals surface area contributed by atoms with Crippen LogP contribution in [0.2, 0.25) is 0 Å². The van der Waals surface area contributed by atoms with Gasteiger partial charge in [-0.1, -0.05) is 0 Å². The van der Waals surface area contributed by atoms with Crippen molar-refractivity contribution in [2.45, 2.75) is 31.7 Å². The third-order valence-electron chi connectivity index (χ3n) is 4.90. The number of nitrogens with one attached hydrogen (secondary N) is 1. The Morgan fingerprint density at radius 2 is 2.16 bits per heavy atom. The van der Waals surface area contributed by atoms with Crippen molar-refractivity contribution >= 4 is 23.5 Å². The van der Waals surface area contributed by atoms with Crippen molar-refractivity contribution < 1.29 is 24.2 Å². The summed E-state index contributed by atoms with van der Waals surface area (Å²) in [5, 5.41) is 12.1. The van der Waals surface area contributed by atoms with E-state index in [1.807, 2.05) is 0 Å². The SMILES string of the molecule is CN1C(=O)CCc2cc(C(=O)N[C@@H](C(=O)O)[C@@H]3CCCOC3)ccc21. The molecule has 0 aliphatic carbocycles. The average molecular weight is 346 g/mol. The molecule has 134 valence electrons. The van der Waals surface area contributed by atoms with Gasteiger partial charge in [0.1, 0.15) is 6.04 Å². The smallest absolute Gasteiger partial charge is 0.326 e. The molecule has 1 aromatic rings. The molecule has 0 aromatic heterocycles. The van der Waals surface area contributed by atoms with Gasteiger partial charge in [0.05, 0.1) is 6.61 Å². The number of aliphatic carboxylic acids is 1. The van der Waals surface area contributed by atoms with E-state index in [2.05, 4.69) is 5.32 Å². The number of carboxylic acids is 1. The molecule has 7 heteroatoms. The van der Waals surface area contributed by atoms with Gasteiger partial charge in [-0.05, 0) is 43.0 Å². The maximum absolute atomic E-state index is 12.5. The molecule has 2 amide bonds. The first-order chi connectivity index (χ1) is 12.0. The molecule has 2 heterocycles. The number of rotatable bonds is 4. The number of benzene rings is 1. The Morgan fingerprint density at radius 3 is 2.84 bits per heavy atom. The minimum Gasteiger partial charge on any atom is -0.480 e. The quantitative estimate of drug-likeness (QED) is 0.854. The zero-order chi connectivity index (χ0) is 18.0. The highest BCUT2D eigenvalue weighted by molar-refractivity contribution is 6.00. The first kappa shape index (κ1) is 17.4. The third-order valence-corrected chi connectivity index (χ3v) is 4.90. The lowest BCUT2D eigenvalue weighted by Gasteiger charge is -2.28. The normalized spacial score (nSPS) is 21.4. The molecule has 1 fully saturated rings. The minimum absolute atomic E-state index is 0.0490. The van der Waals surface area contributed by atoms with E-state index in [9.17, 15) is 19.5 Å². The highest BCUT2D eigenvalue weighted by Gasteiger charge is 2.32. The number of aryl methyl sites for hydroxylation is 1. The fraction of sp³-hybridized carbons (Fsp3) is 0.500. The van der Waals surface area contributed by atoms with Crippen LogP contribution in [0.25, 0.3) is 0 Å². The van der Waals surface area contributed by atoms with E-state index in [0.29, 0.717) is 38.0 Å². The maximum Gasteiger partial charge on any atom is 0.326 e. The van der Waals surface area contributed by atoms with Crippen molar-refractivity contribution in [2.75, 3.05) is 25.2 Å². The molecule has 3 rings (SSSR count). The molecule has 0 spiro atoms. The van der Waals surface area contributed by atoms with E-state index in [1.54, 1.807) is 30.1 Å². The average Bonchev–Trinajstić information content (AvgIpc) is 2.62. The van der Waals surface area contributed by atoms with Crippen molar-refractivity contribution in [1.29, 1.82) is 0 Å². The molecule has 0 unspecified atom stereocenters. The fourth-order valence-corrected chi connectivity index (χ4v) is 3.43. The minimum atomic E-state index is -1.05. The van der Waals surface area contributed by atoms with Crippen LogP contribution >= 0.6 is 0 Å². The molecular formula is C18H22N2O5. The van der Waals surface area contributed by atoms with Gasteiger partial charge in [-0.25, -0.2) is 4.79 Å². The van der Waals surface area contributed by atoms with Crippen LogP contribution in [0.5, 0.6) is 0 Å². The highest BCUT2D eigenvalue weighted by Crippen LogP contribution is 2.27. The maximum atomic E-state index is 12.5. The molecule has 2 N–H and O–H groups in total. The van der Waals surface area contributed by atoms with Crippen LogP contribution in [0.3, 0.4) is 0 Å². The molecule has 1 saturated heterocycles. The number of carboxylic acid groups (broad SMARTS) is 1. The summed E-state index contributed by atoms with van der Waals surface area (Å²) >= 11 is 0.